The molecule has 0 spiro atoms. The van der Waals surface area contributed by atoms with E-state index in [1.165, 1.54) is 12.1 Å². The molecule has 1 atom stereocenters. The van der Waals surface area contributed by atoms with Gasteiger partial charge in [0.05, 0.1) is 16.0 Å². The van der Waals surface area contributed by atoms with Crippen LogP contribution in [0.5, 0.6) is 0 Å². The molecule has 29 heavy (non-hydrogen) atoms. The van der Waals surface area contributed by atoms with Gasteiger partial charge in [-0.2, -0.15) is 13.2 Å². The van der Waals surface area contributed by atoms with Gasteiger partial charge in [0.25, 0.3) is 0 Å². The maximum atomic E-state index is 12.6. The Morgan fingerprint density at radius 2 is 1.48 bits per heavy atom. The maximum Gasteiger partial charge on any atom is 0.416 e. The number of carbonyl (C=O) groups excluding carboxylic acids is 1. The molecule has 0 aliphatic heterocycles. The molecule has 5 nitrogen and oxygen atoms in total. The van der Waals surface area contributed by atoms with Crippen molar-refractivity contribution in [2.45, 2.75) is 50.4 Å². The predicted octanol–water partition coefficient (Wildman–Crippen LogP) is 4.70. The van der Waals surface area contributed by atoms with Crippen LogP contribution in [-0.4, -0.2) is 20.0 Å². The molecule has 1 unspecified atom stereocenters. The summed E-state index contributed by atoms with van der Waals surface area (Å²) >= 11 is 0. The lowest BCUT2D eigenvalue weighted by molar-refractivity contribution is -0.137. The van der Waals surface area contributed by atoms with Crippen LogP contribution >= 0.6 is 0 Å². The van der Waals surface area contributed by atoms with Crippen molar-refractivity contribution in [3.05, 3.63) is 65.2 Å². The second kappa shape index (κ2) is 8.16. The van der Waals surface area contributed by atoms with Crippen molar-refractivity contribution in [1.29, 1.82) is 0 Å². The Morgan fingerprint density at radius 1 is 0.966 bits per heavy atom. The van der Waals surface area contributed by atoms with E-state index in [9.17, 15) is 26.4 Å². The zero-order valence-corrected chi connectivity index (χ0v) is 17.2. The number of esters is 1. The standard InChI is InChI=1S/C20H22F3NO4S/c1-13(14-5-7-15(8-6-14)18(25)28-19(2,3)4)24-29(26,27)17-11-9-16(10-12-17)20(21,22)23/h5-13,24H,1-4H3. The van der Waals surface area contributed by atoms with Gasteiger partial charge in [0.2, 0.25) is 10.0 Å². The number of hydrogen-bond acceptors (Lipinski definition) is 4. The molecule has 0 radical (unpaired) electrons. The second-order valence-corrected chi connectivity index (χ2v) is 9.20. The van der Waals surface area contributed by atoms with Crippen molar-refractivity contribution in [2.75, 3.05) is 0 Å². The first kappa shape index (κ1) is 22.9. The molecule has 0 aliphatic rings. The molecular formula is C20H22F3NO4S. The van der Waals surface area contributed by atoms with Gasteiger partial charge in [-0.1, -0.05) is 12.1 Å². The topological polar surface area (TPSA) is 72.5 Å². The molecule has 0 aliphatic carbocycles. The Bertz CT molecular complexity index is 961. The number of nitrogens with one attached hydrogen (secondary N) is 1. The summed E-state index contributed by atoms with van der Waals surface area (Å²) in [5.74, 6) is -0.498. The molecule has 0 fully saturated rings. The van der Waals surface area contributed by atoms with Crippen LogP contribution in [0.1, 0.15) is 55.2 Å². The molecule has 0 saturated heterocycles. The van der Waals surface area contributed by atoms with Crippen molar-refractivity contribution in [3.63, 3.8) is 0 Å². The van der Waals surface area contributed by atoms with Gasteiger partial charge in [0.15, 0.2) is 0 Å². The minimum Gasteiger partial charge on any atom is -0.456 e. The molecule has 0 bridgehead atoms. The number of benzene rings is 2. The van der Waals surface area contributed by atoms with Crippen LogP contribution in [0.2, 0.25) is 0 Å². The molecule has 0 heterocycles. The van der Waals surface area contributed by atoms with Crippen LogP contribution in [0, 0.1) is 0 Å². The molecule has 158 valence electrons. The Hall–Kier alpha value is -2.39. The minimum absolute atomic E-state index is 0.275. The number of halogens is 3. The zero-order valence-electron chi connectivity index (χ0n) is 16.4. The molecule has 0 saturated carbocycles. The van der Waals surface area contributed by atoms with Crippen molar-refractivity contribution < 1.29 is 31.1 Å². The normalized spacial score (nSPS) is 13.8. The van der Waals surface area contributed by atoms with Gasteiger partial charge in [0, 0.05) is 6.04 Å². The van der Waals surface area contributed by atoms with E-state index in [2.05, 4.69) is 4.72 Å². The van der Waals surface area contributed by atoms with Gasteiger partial charge in [-0.05, 0) is 69.7 Å². The number of alkyl halides is 3. The number of carbonyl (C=O) groups is 1. The lowest BCUT2D eigenvalue weighted by Gasteiger charge is -2.20. The van der Waals surface area contributed by atoms with E-state index in [1.54, 1.807) is 39.8 Å². The fraction of sp³-hybridized carbons (Fsp3) is 0.350. The van der Waals surface area contributed by atoms with Gasteiger partial charge >= 0.3 is 12.1 Å². The Morgan fingerprint density at radius 3 is 1.93 bits per heavy atom. The molecule has 2 rings (SSSR count). The summed E-state index contributed by atoms with van der Waals surface area (Å²) < 4.78 is 70.4. The monoisotopic (exact) mass is 429 g/mol. The van der Waals surface area contributed by atoms with E-state index in [0.717, 1.165) is 24.3 Å². The first-order chi connectivity index (χ1) is 13.2. The van der Waals surface area contributed by atoms with Gasteiger partial charge in [-0.15, -0.1) is 0 Å². The van der Waals surface area contributed by atoms with Crippen molar-refractivity contribution in [3.8, 4) is 0 Å². The lowest BCUT2D eigenvalue weighted by Crippen LogP contribution is -2.27. The average molecular weight is 429 g/mol. The molecule has 2 aromatic rings. The smallest absolute Gasteiger partial charge is 0.416 e. The van der Waals surface area contributed by atoms with Gasteiger partial charge in [0.1, 0.15) is 5.60 Å². The van der Waals surface area contributed by atoms with Crippen molar-refractivity contribution in [1.82, 2.24) is 4.72 Å². The molecule has 9 heteroatoms. The van der Waals surface area contributed by atoms with Crippen LogP contribution in [0.25, 0.3) is 0 Å². The average Bonchev–Trinajstić information content (AvgIpc) is 2.59. The van der Waals surface area contributed by atoms with Gasteiger partial charge in [-0.25, -0.2) is 17.9 Å². The Balaban J connectivity index is 2.12. The number of hydrogen-bond donors (Lipinski definition) is 1. The summed E-state index contributed by atoms with van der Waals surface area (Å²) in [6.45, 7) is 6.83. The third kappa shape index (κ3) is 6.30. The van der Waals surface area contributed by atoms with E-state index in [-0.39, 0.29) is 4.90 Å². The lowest BCUT2D eigenvalue weighted by atomic mass is 10.1. The van der Waals surface area contributed by atoms with E-state index in [4.69, 9.17) is 4.74 Å². The third-order valence-electron chi connectivity index (χ3n) is 3.87. The number of rotatable bonds is 5. The Kier molecular flexibility index (Phi) is 6.44. The molecule has 2 aromatic carbocycles. The third-order valence-corrected chi connectivity index (χ3v) is 5.43. The highest BCUT2D eigenvalue weighted by Crippen LogP contribution is 2.30. The van der Waals surface area contributed by atoms with Gasteiger partial charge < -0.3 is 4.74 Å². The number of ether oxygens (including phenoxy) is 1. The predicted molar refractivity (Wildman–Crippen MR) is 102 cm³/mol. The summed E-state index contributed by atoms with van der Waals surface area (Å²) in [6, 6.07) is 8.78. The molecule has 0 aromatic heterocycles. The molecular weight excluding hydrogens is 407 g/mol. The van der Waals surface area contributed by atoms with Crippen LogP contribution in [0.3, 0.4) is 0 Å². The van der Waals surface area contributed by atoms with E-state index >= 15 is 0 Å². The van der Waals surface area contributed by atoms with E-state index in [1.807, 2.05) is 0 Å². The summed E-state index contributed by atoms with van der Waals surface area (Å²) in [6.07, 6.45) is -4.54. The highest BCUT2D eigenvalue weighted by Gasteiger charge is 2.30. The van der Waals surface area contributed by atoms with Crippen LogP contribution in [-0.2, 0) is 20.9 Å². The van der Waals surface area contributed by atoms with Crippen molar-refractivity contribution >= 4 is 16.0 Å². The fourth-order valence-corrected chi connectivity index (χ4v) is 3.67. The summed E-state index contributed by atoms with van der Waals surface area (Å²) in [7, 11) is -4.03. The highest BCUT2D eigenvalue weighted by atomic mass is 32.2. The highest BCUT2D eigenvalue weighted by molar-refractivity contribution is 7.89. The van der Waals surface area contributed by atoms with Gasteiger partial charge in [-0.3, -0.25) is 0 Å². The maximum absolute atomic E-state index is 12.6. The van der Waals surface area contributed by atoms with Crippen LogP contribution in [0.15, 0.2) is 53.4 Å². The minimum atomic E-state index is -4.54. The first-order valence-electron chi connectivity index (χ1n) is 8.72. The SMILES string of the molecule is CC(NS(=O)(=O)c1ccc(C(F)(F)F)cc1)c1ccc(C(=O)OC(C)(C)C)cc1. The summed E-state index contributed by atoms with van der Waals surface area (Å²) in [5, 5.41) is 0. The van der Waals surface area contributed by atoms with E-state index in [0.29, 0.717) is 11.1 Å². The zero-order chi connectivity index (χ0) is 22.0. The summed E-state index contributed by atoms with van der Waals surface area (Å²) in [5.41, 5.74) is -0.670. The fourth-order valence-electron chi connectivity index (χ4n) is 2.44. The van der Waals surface area contributed by atoms with Crippen LogP contribution in [0.4, 0.5) is 13.2 Å². The molecule has 0 amide bonds. The quantitative estimate of drug-likeness (QED) is 0.700. The largest absolute Gasteiger partial charge is 0.456 e. The molecule has 1 N–H and O–H groups in total. The first-order valence-corrected chi connectivity index (χ1v) is 10.2. The number of sulfonamides is 1. The van der Waals surface area contributed by atoms with Crippen LogP contribution < -0.4 is 4.72 Å². The van der Waals surface area contributed by atoms with E-state index < -0.39 is 39.4 Å². The van der Waals surface area contributed by atoms with Crippen molar-refractivity contribution in [2.24, 2.45) is 0 Å². The summed E-state index contributed by atoms with van der Waals surface area (Å²) in [4.78, 5) is 11.8. The second-order valence-electron chi connectivity index (χ2n) is 7.49. The Labute approximate surface area is 167 Å².